The minimum Gasteiger partial charge on any atom is -0.375 e. The summed E-state index contributed by atoms with van der Waals surface area (Å²) in [5.74, 6) is 0. The third kappa shape index (κ3) is 2.76. The second-order valence-electron chi connectivity index (χ2n) is 3.77. The van der Waals surface area contributed by atoms with Crippen molar-refractivity contribution in [2.24, 2.45) is 0 Å². The standard InChI is InChI=1S/C11H11ClF2N4/c1-7(11(13)14)17-9-4-8(12)2-3-10(9)18-6-15-5-16-18/h2-7,11,17H,1H3. The summed E-state index contributed by atoms with van der Waals surface area (Å²) < 4.78 is 26.6. The van der Waals surface area contributed by atoms with Crippen molar-refractivity contribution in [1.29, 1.82) is 0 Å². The van der Waals surface area contributed by atoms with Gasteiger partial charge in [-0.05, 0) is 25.1 Å². The monoisotopic (exact) mass is 272 g/mol. The van der Waals surface area contributed by atoms with Crippen molar-refractivity contribution in [3.05, 3.63) is 35.9 Å². The lowest BCUT2D eigenvalue weighted by molar-refractivity contribution is 0.130. The molecule has 1 N–H and O–H groups in total. The number of benzene rings is 1. The van der Waals surface area contributed by atoms with Gasteiger partial charge in [0.1, 0.15) is 12.7 Å². The van der Waals surface area contributed by atoms with E-state index in [1.165, 1.54) is 24.3 Å². The second-order valence-corrected chi connectivity index (χ2v) is 4.21. The van der Waals surface area contributed by atoms with Gasteiger partial charge in [0, 0.05) is 5.02 Å². The fraction of sp³-hybridized carbons (Fsp3) is 0.273. The molecule has 0 radical (unpaired) electrons. The van der Waals surface area contributed by atoms with Crippen LogP contribution in [-0.2, 0) is 0 Å². The Morgan fingerprint density at radius 3 is 2.78 bits per heavy atom. The quantitative estimate of drug-likeness (QED) is 0.930. The van der Waals surface area contributed by atoms with Crippen LogP contribution in [0.4, 0.5) is 14.5 Å². The normalized spacial score (nSPS) is 12.7. The highest BCUT2D eigenvalue weighted by Gasteiger charge is 2.16. The molecule has 1 heterocycles. The molecular formula is C11H11ClF2N4. The van der Waals surface area contributed by atoms with Crippen LogP contribution in [0.3, 0.4) is 0 Å². The van der Waals surface area contributed by atoms with Crippen LogP contribution < -0.4 is 5.32 Å². The average molecular weight is 273 g/mol. The molecule has 1 atom stereocenters. The van der Waals surface area contributed by atoms with Gasteiger partial charge in [0.15, 0.2) is 0 Å². The zero-order valence-corrected chi connectivity index (χ0v) is 10.3. The fourth-order valence-corrected chi connectivity index (χ4v) is 1.64. The minimum atomic E-state index is -2.47. The van der Waals surface area contributed by atoms with Gasteiger partial charge >= 0.3 is 0 Å². The minimum absolute atomic E-state index is 0.461. The molecule has 0 bridgehead atoms. The molecule has 18 heavy (non-hydrogen) atoms. The Morgan fingerprint density at radius 2 is 2.17 bits per heavy atom. The lowest BCUT2D eigenvalue weighted by atomic mass is 10.2. The van der Waals surface area contributed by atoms with Crippen LogP contribution in [0.15, 0.2) is 30.9 Å². The number of alkyl halides is 2. The molecule has 0 amide bonds. The van der Waals surface area contributed by atoms with Crippen LogP contribution >= 0.6 is 11.6 Å². The first-order chi connectivity index (χ1) is 8.58. The molecule has 2 rings (SSSR count). The highest BCUT2D eigenvalue weighted by Crippen LogP contribution is 2.25. The third-order valence-corrected chi connectivity index (χ3v) is 2.62. The highest BCUT2D eigenvalue weighted by molar-refractivity contribution is 6.31. The number of aromatic nitrogens is 3. The summed E-state index contributed by atoms with van der Waals surface area (Å²) in [6.07, 6.45) is 0.392. The van der Waals surface area contributed by atoms with E-state index in [0.717, 1.165) is 0 Å². The van der Waals surface area contributed by atoms with E-state index in [4.69, 9.17) is 11.6 Å². The molecule has 1 aromatic carbocycles. The Morgan fingerprint density at radius 1 is 1.39 bits per heavy atom. The van der Waals surface area contributed by atoms with Gasteiger partial charge in [-0.3, -0.25) is 0 Å². The number of nitrogens with one attached hydrogen (secondary N) is 1. The Hall–Kier alpha value is -1.69. The van der Waals surface area contributed by atoms with E-state index in [-0.39, 0.29) is 0 Å². The Balaban J connectivity index is 2.35. The van der Waals surface area contributed by atoms with Crippen LogP contribution in [0.25, 0.3) is 5.69 Å². The van der Waals surface area contributed by atoms with E-state index >= 15 is 0 Å². The Kier molecular flexibility index (Phi) is 3.76. The summed E-state index contributed by atoms with van der Waals surface area (Å²) in [6.45, 7) is 1.40. The van der Waals surface area contributed by atoms with Crippen LogP contribution in [-0.4, -0.2) is 27.2 Å². The predicted octanol–water partition coefficient (Wildman–Crippen LogP) is 2.99. The number of hydrogen-bond donors (Lipinski definition) is 1. The van der Waals surface area contributed by atoms with Gasteiger partial charge in [-0.15, -0.1) is 0 Å². The molecule has 1 aromatic heterocycles. The van der Waals surface area contributed by atoms with Crippen molar-refractivity contribution in [3.8, 4) is 5.69 Å². The molecular weight excluding hydrogens is 262 g/mol. The number of rotatable bonds is 4. The Bertz CT molecular complexity index is 516. The van der Waals surface area contributed by atoms with E-state index in [9.17, 15) is 8.78 Å². The van der Waals surface area contributed by atoms with Crippen LogP contribution in [0.2, 0.25) is 5.02 Å². The number of nitrogens with zero attached hydrogens (tertiary/aromatic N) is 3. The molecule has 0 saturated heterocycles. The zero-order valence-electron chi connectivity index (χ0n) is 9.52. The molecule has 0 aliphatic heterocycles. The van der Waals surface area contributed by atoms with E-state index in [1.807, 2.05) is 0 Å². The van der Waals surface area contributed by atoms with Crippen LogP contribution in [0.5, 0.6) is 0 Å². The summed E-state index contributed by atoms with van der Waals surface area (Å²) in [7, 11) is 0. The maximum absolute atomic E-state index is 12.6. The van der Waals surface area contributed by atoms with Crippen molar-refractivity contribution in [2.75, 3.05) is 5.32 Å². The molecule has 4 nitrogen and oxygen atoms in total. The van der Waals surface area contributed by atoms with Gasteiger partial charge in [0.25, 0.3) is 6.43 Å². The summed E-state index contributed by atoms with van der Waals surface area (Å²) in [5.41, 5.74) is 1.10. The highest BCUT2D eigenvalue weighted by atomic mass is 35.5. The van der Waals surface area contributed by atoms with Crippen molar-refractivity contribution < 1.29 is 8.78 Å². The molecule has 96 valence electrons. The molecule has 2 aromatic rings. The van der Waals surface area contributed by atoms with Gasteiger partial charge in [-0.2, -0.15) is 5.10 Å². The predicted molar refractivity (Wildman–Crippen MR) is 65.5 cm³/mol. The first-order valence-electron chi connectivity index (χ1n) is 5.27. The maximum atomic E-state index is 12.6. The first kappa shape index (κ1) is 12.8. The van der Waals surface area contributed by atoms with E-state index < -0.39 is 12.5 Å². The zero-order chi connectivity index (χ0) is 13.1. The molecule has 0 saturated carbocycles. The van der Waals surface area contributed by atoms with Gasteiger partial charge in [-0.1, -0.05) is 11.6 Å². The lowest BCUT2D eigenvalue weighted by Gasteiger charge is -2.17. The van der Waals surface area contributed by atoms with E-state index in [1.54, 1.807) is 18.2 Å². The molecule has 7 heteroatoms. The van der Waals surface area contributed by atoms with Crippen LogP contribution in [0, 0.1) is 0 Å². The van der Waals surface area contributed by atoms with Gasteiger partial charge in [0.05, 0.1) is 17.4 Å². The lowest BCUT2D eigenvalue weighted by Crippen LogP contribution is -2.24. The summed E-state index contributed by atoms with van der Waals surface area (Å²) in [6, 6.07) is 3.96. The maximum Gasteiger partial charge on any atom is 0.258 e. The topological polar surface area (TPSA) is 42.7 Å². The van der Waals surface area contributed by atoms with Crippen molar-refractivity contribution in [3.63, 3.8) is 0 Å². The van der Waals surface area contributed by atoms with Gasteiger partial charge in [0.2, 0.25) is 0 Å². The average Bonchev–Trinajstić information content (AvgIpc) is 2.82. The van der Waals surface area contributed by atoms with Crippen LogP contribution in [0.1, 0.15) is 6.92 Å². The molecule has 0 aliphatic rings. The molecule has 0 aliphatic carbocycles. The molecule has 0 spiro atoms. The van der Waals surface area contributed by atoms with E-state index in [0.29, 0.717) is 16.4 Å². The van der Waals surface area contributed by atoms with Crippen molar-refractivity contribution in [1.82, 2.24) is 14.8 Å². The number of hydrogen-bond acceptors (Lipinski definition) is 3. The third-order valence-electron chi connectivity index (χ3n) is 2.39. The second kappa shape index (κ2) is 5.30. The first-order valence-corrected chi connectivity index (χ1v) is 5.65. The SMILES string of the molecule is CC(Nc1cc(Cl)ccc1-n1cncn1)C(F)F. The number of anilines is 1. The van der Waals surface area contributed by atoms with Gasteiger partial charge < -0.3 is 5.32 Å². The van der Waals surface area contributed by atoms with Crippen molar-refractivity contribution in [2.45, 2.75) is 19.4 Å². The van der Waals surface area contributed by atoms with E-state index in [2.05, 4.69) is 15.4 Å². The summed E-state index contributed by atoms with van der Waals surface area (Å²) in [5, 5.41) is 7.14. The number of halogens is 3. The molecule has 0 fully saturated rings. The fourth-order valence-electron chi connectivity index (χ4n) is 1.46. The van der Waals surface area contributed by atoms with Crippen molar-refractivity contribution >= 4 is 17.3 Å². The van der Waals surface area contributed by atoms with Gasteiger partial charge in [-0.25, -0.2) is 18.4 Å². The smallest absolute Gasteiger partial charge is 0.258 e. The summed E-state index contributed by atoms with van der Waals surface area (Å²) in [4.78, 5) is 3.82. The Labute approximate surface area is 108 Å². The summed E-state index contributed by atoms with van der Waals surface area (Å²) >= 11 is 5.87. The largest absolute Gasteiger partial charge is 0.375 e. The molecule has 1 unspecified atom stereocenters.